The number of hydrogen-bond donors (Lipinski definition) is 1. The first-order valence-electron chi connectivity index (χ1n) is 6.60. The smallest absolute Gasteiger partial charge is 0.326 e. The first-order valence-corrected chi connectivity index (χ1v) is 6.60. The third-order valence-corrected chi connectivity index (χ3v) is 3.37. The zero-order valence-electron chi connectivity index (χ0n) is 11.4. The number of likely N-dealkylation sites (tertiary alicyclic amines) is 1. The van der Waals surface area contributed by atoms with E-state index in [1.54, 1.807) is 30.4 Å². The molecular weight excluding hydrogens is 260 g/mol. The largest absolute Gasteiger partial charge is 0.480 e. The van der Waals surface area contributed by atoms with Gasteiger partial charge in [-0.25, -0.2) is 14.8 Å². The van der Waals surface area contributed by atoms with Crippen molar-refractivity contribution >= 4 is 17.8 Å². The van der Waals surface area contributed by atoms with Gasteiger partial charge in [-0.2, -0.15) is 0 Å². The van der Waals surface area contributed by atoms with Crippen LogP contribution in [0.2, 0.25) is 0 Å². The Balaban J connectivity index is 2.01. The van der Waals surface area contributed by atoms with Gasteiger partial charge < -0.3 is 14.9 Å². The quantitative estimate of drug-likeness (QED) is 0.856. The molecule has 1 aliphatic heterocycles. The summed E-state index contributed by atoms with van der Waals surface area (Å²) >= 11 is 0. The van der Waals surface area contributed by atoms with Crippen LogP contribution in [0.4, 0.5) is 5.95 Å². The van der Waals surface area contributed by atoms with E-state index in [1.807, 2.05) is 0 Å². The molecule has 0 saturated carbocycles. The standard InChI is InChI=1S/C13H18N4O3/c1-16(13-14-6-4-7-15-13)9-11(18)17-8-3-2-5-10(17)12(19)20/h4,6-7,10H,2-3,5,8-9H2,1H3,(H,19,20)/t10-/m1/s1. The Labute approximate surface area is 117 Å². The third kappa shape index (κ3) is 3.23. The summed E-state index contributed by atoms with van der Waals surface area (Å²) in [5.74, 6) is -0.687. The summed E-state index contributed by atoms with van der Waals surface area (Å²) in [4.78, 5) is 34.6. The summed E-state index contributed by atoms with van der Waals surface area (Å²) < 4.78 is 0. The molecule has 2 heterocycles. The van der Waals surface area contributed by atoms with Crippen LogP contribution in [-0.2, 0) is 9.59 Å². The van der Waals surface area contributed by atoms with Gasteiger partial charge in [0.2, 0.25) is 11.9 Å². The topological polar surface area (TPSA) is 86.6 Å². The zero-order valence-corrected chi connectivity index (χ0v) is 11.4. The summed E-state index contributed by atoms with van der Waals surface area (Å²) in [5.41, 5.74) is 0. The minimum atomic E-state index is -0.934. The SMILES string of the molecule is CN(CC(=O)N1CCCC[C@@H]1C(=O)O)c1ncccn1. The van der Waals surface area contributed by atoms with Crippen LogP contribution in [0, 0.1) is 0 Å². The molecular formula is C13H18N4O3. The predicted octanol–water partition coefficient (Wildman–Crippen LogP) is 0.378. The van der Waals surface area contributed by atoms with Crippen LogP contribution in [-0.4, -0.2) is 58.0 Å². The lowest BCUT2D eigenvalue weighted by Crippen LogP contribution is -2.51. The van der Waals surface area contributed by atoms with Crippen molar-refractivity contribution in [2.45, 2.75) is 25.3 Å². The molecule has 1 fully saturated rings. The van der Waals surface area contributed by atoms with Crippen molar-refractivity contribution in [1.82, 2.24) is 14.9 Å². The van der Waals surface area contributed by atoms with Crippen LogP contribution < -0.4 is 4.90 Å². The van der Waals surface area contributed by atoms with Gasteiger partial charge in [-0.05, 0) is 25.3 Å². The molecule has 1 aromatic heterocycles. The van der Waals surface area contributed by atoms with Crippen molar-refractivity contribution in [2.75, 3.05) is 25.0 Å². The predicted molar refractivity (Wildman–Crippen MR) is 72.3 cm³/mol. The van der Waals surface area contributed by atoms with Gasteiger partial charge in [-0.15, -0.1) is 0 Å². The summed E-state index contributed by atoms with van der Waals surface area (Å²) in [6.45, 7) is 0.576. The molecule has 1 aromatic rings. The van der Waals surface area contributed by atoms with Gasteiger partial charge >= 0.3 is 5.97 Å². The maximum absolute atomic E-state index is 12.3. The molecule has 1 amide bonds. The van der Waals surface area contributed by atoms with Crippen molar-refractivity contribution in [2.24, 2.45) is 0 Å². The Morgan fingerprint density at radius 2 is 2.10 bits per heavy atom. The van der Waals surface area contributed by atoms with E-state index in [0.717, 1.165) is 12.8 Å². The summed E-state index contributed by atoms with van der Waals surface area (Å²) in [5, 5.41) is 9.18. The Morgan fingerprint density at radius 3 is 2.75 bits per heavy atom. The fraction of sp³-hybridized carbons (Fsp3) is 0.538. The monoisotopic (exact) mass is 278 g/mol. The van der Waals surface area contributed by atoms with Crippen molar-refractivity contribution in [1.29, 1.82) is 0 Å². The number of anilines is 1. The lowest BCUT2D eigenvalue weighted by atomic mass is 10.0. The molecule has 0 bridgehead atoms. The maximum Gasteiger partial charge on any atom is 0.326 e. The molecule has 1 N–H and O–H groups in total. The highest BCUT2D eigenvalue weighted by Crippen LogP contribution is 2.18. The van der Waals surface area contributed by atoms with Gasteiger partial charge in [0.1, 0.15) is 6.04 Å². The molecule has 20 heavy (non-hydrogen) atoms. The number of aromatic nitrogens is 2. The number of carbonyl (C=O) groups excluding carboxylic acids is 1. The molecule has 0 unspecified atom stereocenters. The number of likely N-dealkylation sites (N-methyl/N-ethyl adjacent to an activating group) is 1. The van der Waals surface area contributed by atoms with Gasteiger partial charge in [0.05, 0.1) is 6.54 Å². The molecule has 7 heteroatoms. The Kier molecular flexibility index (Phi) is 4.49. The van der Waals surface area contributed by atoms with Crippen molar-refractivity contribution < 1.29 is 14.7 Å². The highest BCUT2D eigenvalue weighted by atomic mass is 16.4. The number of carboxylic acid groups (broad SMARTS) is 1. The number of amides is 1. The van der Waals surface area contributed by atoms with Crippen LogP contribution in [0.1, 0.15) is 19.3 Å². The van der Waals surface area contributed by atoms with Crippen LogP contribution in [0.15, 0.2) is 18.5 Å². The van der Waals surface area contributed by atoms with Crippen molar-refractivity contribution in [3.05, 3.63) is 18.5 Å². The fourth-order valence-corrected chi connectivity index (χ4v) is 2.34. The van der Waals surface area contributed by atoms with E-state index in [0.29, 0.717) is 18.9 Å². The van der Waals surface area contributed by atoms with Crippen molar-refractivity contribution in [3.8, 4) is 0 Å². The van der Waals surface area contributed by atoms with E-state index in [-0.39, 0.29) is 12.5 Å². The van der Waals surface area contributed by atoms with Crippen LogP contribution in [0.3, 0.4) is 0 Å². The maximum atomic E-state index is 12.3. The number of hydrogen-bond acceptors (Lipinski definition) is 5. The number of aliphatic carboxylic acids is 1. The van der Waals surface area contributed by atoms with Crippen LogP contribution >= 0.6 is 0 Å². The van der Waals surface area contributed by atoms with E-state index in [9.17, 15) is 14.7 Å². The highest BCUT2D eigenvalue weighted by molar-refractivity contribution is 5.86. The molecule has 1 atom stereocenters. The second kappa shape index (κ2) is 6.31. The van der Waals surface area contributed by atoms with Gasteiger partial charge in [0, 0.05) is 26.0 Å². The Hall–Kier alpha value is -2.18. The fourth-order valence-electron chi connectivity index (χ4n) is 2.34. The molecule has 1 saturated heterocycles. The lowest BCUT2D eigenvalue weighted by molar-refractivity contribution is -0.151. The number of nitrogens with zero attached hydrogens (tertiary/aromatic N) is 4. The van der Waals surface area contributed by atoms with Gasteiger partial charge in [0.25, 0.3) is 0 Å². The van der Waals surface area contributed by atoms with E-state index in [2.05, 4.69) is 9.97 Å². The average molecular weight is 278 g/mol. The molecule has 7 nitrogen and oxygen atoms in total. The number of rotatable bonds is 4. The highest BCUT2D eigenvalue weighted by Gasteiger charge is 2.32. The van der Waals surface area contributed by atoms with Crippen molar-refractivity contribution in [3.63, 3.8) is 0 Å². The summed E-state index contributed by atoms with van der Waals surface area (Å²) in [6, 6.07) is 0.992. The molecule has 0 spiro atoms. The normalized spacial score (nSPS) is 18.6. The van der Waals surface area contributed by atoms with E-state index in [4.69, 9.17) is 0 Å². The van der Waals surface area contributed by atoms with E-state index < -0.39 is 12.0 Å². The molecule has 2 rings (SSSR count). The second-order valence-corrected chi connectivity index (χ2v) is 4.84. The number of piperidine rings is 1. The second-order valence-electron chi connectivity index (χ2n) is 4.84. The number of carboxylic acids is 1. The van der Waals surface area contributed by atoms with Gasteiger partial charge in [0.15, 0.2) is 0 Å². The minimum absolute atomic E-state index is 0.0772. The minimum Gasteiger partial charge on any atom is -0.480 e. The molecule has 0 aliphatic carbocycles. The van der Waals surface area contributed by atoms with E-state index in [1.165, 1.54) is 4.90 Å². The zero-order chi connectivity index (χ0) is 14.5. The average Bonchev–Trinajstić information content (AvgIpc) is 2.48. The Morgan fingerprint density at radius 1 is 1.40 bits per heavy atom. The molecule has 1 aliphatic rings. The van der Waals surface area contributed by atoms with Gasteiger partial charge in [-0.1, -0.05) is 0 Å². The Bertz CT molecular complexity index is 480. The third-order valence-electron chi connectivity index (χ3n) is 3.37. The number of carbonyl (C=O) groups is 2. The first-order chi connectivity index (χ1) is 9.59. The molecule has 0 radical (unpaired) electrons. The molecule has 108 valence electrons. The summed E-state index contributed by atoms with van der Waals surface area (Å²) in [7, 11) is 1.72. The van der Waals surface area contributed by atoms with E-state index >= 15 is 0 Å². The van der Waals surface area contributed by atoms with Gasteiger partial charge in [-0.3, -0.25) is 4.79 Å². The van der Waals surface area contributed by atoms with Crippen LogP contribution in [0.25, 0.3) is 0 Å². The first kappa shape index (κ1) is 14.2. The summed E-state index contributed by atoms with van der Waals surface area (Å²) in [6.07, 6.45) is 5.42. The van der Waals surface area contributed by atoms with Crippen LogP contribution in [0.5, 0.6) is 0 Å². The molecule has 0 aromatic carbocycles. The lowest BCUT2D eigenvalue weighted by Gasteiger charge is -2.34.